The van der Waals surface area contributed by atoms with Crippen molar-refractivity contribution in [2.75, 3.05) is 12.4 Å². The van der Waals surface area contributed by atoms with Crippen LogP contribution in [0.5, 0.6) is 5.75 Å². The van der Waals surface area contributed by atoms with E-state index in [0.717, 1.165) is 18.4 Å². The minimum Gasteiger partial charge on any atom is -0.494 e. The molecule has 0 bridgehead atoms. The lowest BCUT2D eigenvalue weighted by molar-refractivity contribution is -0.114. The van der Waals surface area contributed by atoms with E-state index in [1.54, 1.807) is 25.6 Å². The van der Waals surface area contributed by atoms with Gasteiger partial charge in [-0.05, 0) is 56.4 Å². The standard InChI is InChI=1S/C25H29ClN4O3/c1-5-7-17(26)12-19(16(3)24(27)31)30-20-11-15(2)10-18(23(20)33-4)21-13-29-22(14-28-21)25(32)8-6-9-25/h7,10-14,30,32H,3,5-6,8-9H2,1-2,4H3,(H2,27,31)/b17-7-,19-12+. The highest BCUT2D eigenvalue weighted by Gasteiger charge is 2.37. The summed E-state index contributed by atoms with van der Waals surface area (Å²) in [6, 6.07) is 3.81. The number of aromatic nitrogens is 2. The second-order valence-corrected chi connectivity index (χ2v) is 8.52. The minimum atomic E-state index is -0.880. The molecule has 1 aliphatic rings. The lowest BCUT2D eigenvalue weighted by atomic mass is 9.78. The van der Waals surface area contributed by atoms with Crippen LogP contribution < -0.4 is 15.8 Å². The first kappa shape index (κ1) is 24.5. The van der Waals surface area contributed by atoms with E-state index in [9.17, 15) is 9.90 Å². The Morgan fingerprint density at radius 1 is 1.36 bits per heavy atom. The smallest absolute Gasteiger partial charge is 0.250 e. The van der Waals surface area contributed by atoms with Crippen molar-refractivity contribution in [2.24, 2.45) is 5.73 Å². The summed E-state index contributed by atoms with van der Waals surface area (Å²) in [6.07, 6.45) is 9.74. The first-order valence-electron chi connectivity index (χ1n) is 10.8. The number of halogens is 1. The van der Waals surface area contributed by atoms with Crippen LogP contribution in [-0.4, -0.2) is 28.1 Å². The summed E-state index contributed by atoms with van der Waals surface area (Å²) in [5.41, 5.74) is 8.43. The summed E-state index contributed by atoms with van der Waals surface area (Å²) < 4.78 is 5.71. The molecule has 0 radical (unpaired) electrons. The summed E-state index contributed by atoms with van der Waals surface area (Å²) in [4.78, 5) is 20.8. The van der Waals surface area contributed by atoms with Gasteiger partial charge in [0, 0.05) is 10.6 Å². The molecule has 2 aromatic rings. The summed E-state index contributed by atoms with van der Waals surface area (Å²) in [6.45, 7) is 7.68. The Balaban J connectivity index is 2.03. The van der Waals surface area contributed by atoms with Gasteiger partial charge in [-0.2, -0.15) is 0 Å². The van der Waals surface area contributed by atoms with Crippen molar-refractivity contribution in [1.82, 2.24) is 9.97 Å². The van der Waals surface area contributed by atoms with Crippen molar-refractivity contribution >= 4 is 23.2 Å². The predicted octanol–water partition coefficient (Wildman–Crippen LogP) is 4.70. The van der Waals surface area contributed by atoms with Crippen molar-refractivity contribution in [1.29, 1.82) is 0 Å². The van der Waals surface area contributed by atoms with Gasteiger partial charge >= 0.3 is 0 Å². The molecular weight excluding hydrogens is 440 g/mol. The Kier molecular flexibility index (Phi) is 7.56. The molecule has 0 aliphatic heterocycles. The van der Waals surface area contributed by atoms with Crippen LogP contribution in [0.3, 0.4) is 0 Å². The van der Waals surface area contributed by atoms with Crippen molar-refractivity contribution in [3.05, 3.63) is 70.8 Å². The number of allylic oxidation sites excluding steroid dienone is 3. The van der Waals surface area contributed by atoms with Gasteiger partial charge in [0.2, 0.25) is 5.91 Å². The number of hydrogen-bond donors (Lipinski definition) is 3. The quantitative estimate of drug-likeness (QED) is 0.363. The SMILES string of the molecule is C=C(C(N)=O)/C(=C\C(Cl)=C\CC)Nc1cc(C)cc(-c2cnc(C3(O)CCC3)cn2)c1OC. The van der Waals surface area contributed by atoms with E-state index in [2.05, 4.69) is 21.9 Å². The number of amides is 1. The highest BCUT2D eigenvalue weighted by Crippen LogP contribution is 2.41. The Morgan fingerprint density at radius 3 is 2.61 bits per heavy atom. The molecule has 7 nitrogen and oxygen atoms in total. The summed E-state index contributed by atoms with van der Waals surface area (Å²) in [5, 5.41) is 14.2. The van der Waals surface area contributed by atoms with Gasteiger partial charge in [0.15, 0.2) is 5.75 Å². The number of primary amides is 1. The van der Waals surface area contributed by atoms with Crippen molar-refractivity contribution in [3.63, 3.8) is 0 Å². The van der Waals surface area contributed by atoms with Crippen molar-refractivity contribution in [2.45, 2.75) is 45.1 Å². The second-order valence-electron chi connectivity index (χ2n) is 8.09. The van der Waals surface area contributed by atoms with Crippen LogP contribution in [-0.2, 0) is 10.4 Å². The van der Waals surface area contributed by atoms with Crippen LogP contribution in [0.2, 0.25) is 0 Å². The highest BCUT2D eigenvalue weighted by molar-refractivity contribution is 6.31. The lowest BCUT2D eigenvalue weighted by Gasteiger charge is -2.35. The molecule has 1 aromatic carbocycles. The molecular formula is C25H29ClN4O3. The van der Waals surface area contributed by atoms with E-state index in [1.807, 2.05) is 32.1 Å². The van der Waals surface area contributed by atoms with Crippen LogP contribution in [0.4, 0.5) is 5.69 Å². The fraction of sp³-hybridized carbons (Fsp3) is 0.320. The number of carbonyl (C=O) groups excluding carboxylic acids is 1. The Hall–Kier alpha value is -3.16. The maximum atomic E-state index is 11.8. The highest BCUT2D eigenvalue weighted by atomic mass is 35.5. The minimum absolute atomic E-state index is 0.0839. The number of aryl methyl sites for hydroxylation is 1. The van der Waals surface area contributed by atoms with Gasteiger partial charge < -0.3 is 20.9 Å². The molecule has 174 valence electrons. The van der Waals surface area contributed by atoms with E-state index in [0.29, 0.717) is 52.0 Å². The lowest BCUT2D eigenvalue weighted by Crippen LogP contribution is -2.34. The van der Waals surface area contributed by atoms with E-state index < -0.39 is 11.5 Å². The number of nitrogens with two attached hydrogens (primary N) is 1. The fourth-order valence-electron chi connectivity index (χ4n) is 3.62. The van der Waals surface area contributed by atoms with Crippen molar-refractivity contribution in [3.8, 4) is 17.0 Å². The van der Waals surface area contributed by atoms with Crippen LogP contribution in [0, 0.1) is 6.92 Å². The molecule has 33 heavy (non-hydrogen) atoms. The number of rotatable bonds is 9. The van der Waals surface area contributed by atoms with Gasteiger partial charge in [0.1, 0.15) is 5.60 Å². The third-order valence-corrected chi connectivity index (χ3v) is 5.86. The van der Waals surface area contributed by atoms with Gasteiger partial charge in [-0.15, -0.1) is 0 Å². The van der Waals surface area contributed by atoms with E-state index in [-0.39, 0.29) is 5.57 Å². The molecule has 4 N–H and O–H groups in total. The first-order valence-corrected chi connectivity index (χ1v) is 11.1. The van der Waals surface area contributed by atoms with Crippen LogP contribution in [0.25, 0.3) is 11.3 Å². The molecule has 0 unspecified atom stereocenters. The van der Waals surface area contributed by atoms with Crippen LogP contribution in [0.1, 0.15) is 43.9 Å². The fourth-order valence-corrected chi connectivity index (χ4v) is 3.88. The van der Waals surface area contributed by atoms with E-state index in [1.165, 1.54) is 0 Å². The predicted molar refractivity (Wildman–Crippen MR) is 131 cm³/mol. The number of benzene rings is 1. The number of nitrogens with one attached hydrogen (secondary N) is 1. The third-order valence-electron chi connectivity index (χ3n) is 5.60. The van der Waals surface area contributed by atoms with Gasteiger partial charge in [0.25, 0.3) is 0 Å². The average Bonchev–Trinajstić information content (AvgIpc) is 2.76. The molecule has 3 rings (SSSR count). The molecule has 0 spiro atoms. The molecule has 0 saturated heterocycles. The van der Waals surface area contributed by atoms with Gasteiger partial charge in [-0.25, -0.2) is 0 Å². The number of anilines is 1. The largest absolute Gasteiger partial charge is 0.494 e. The van der Waals surface area contributed by atoms with E-state index >= 15 is 0 Å². The van der Waals surface area contributed by atoms with Gasteiger partial charge in [0.05, 0.1) is 47.8 Å². The molecule has 1 saturated carbocycles. The Labute approximate surface area is 199 Å². The second kappa shape index (κ2) is 10.2. The number of methoxy groups -OCH3 is 1. The number of aliphatic hydroxyl groups is 1. The normalized spacial score (nSPS) is 15.5. The zero-order valence-corrected chi connectivity index (χ0v) is 19.9. The summed E-state index contributed by atoms with van der Waals surface area (Å²) in [7, 11) is 1.55. The molecule has 8 heteroatoms. The molecule has 1 fully saturated rings. The monoisotopic (exact) mass is 468 g/mol. The molecule has 1 amide bonds. The topological polar surface area (TPSA) is 110 Å². The number of ether oxygens (including phenoxy) is 1. The van der Waals surface area contributed by atoms with Gasteiger partial charge in [-0.1, -0.05) is 31.2 Å². The summed E-state index contributed by atoms with van der Waals surface area (Å²) >= 11 is 6.27. The maximum Gasteiger partial charge on any atom is 0.250 e. The van der Waals surface area contributed by atoms with E-state index in [4.69, 9.17) is 22.1 Å². The zero-order valence-electron chi connectivity index (χ0n) is 19.1. The molecule has 1 heterocycles. The molecule has 1 aromatic heterocycles. The number of hydrogen-bond acceptors (Lipinski definition) is 6. The third kappa shape index (κ3) is 5.43. The molecule has 0 atom stereocenters. The summed E-state index contributed by atoms with van der Waals surface area (Å²) in [5.74, 6) is -0.166. The Morgan fingerprint density at radius 2 is 2.09 bits per heavy atom. The van der Waals surface area contributed by atoms with Crippen LogP contribution >= 0.6 is 11.6 Å². The zero-order chi connectivity index (χ0) is 24.2. The number of carbonyl (C=O) groups is 1. The number of nitrogens with zero attached hydrogens (tertiary/aromatic N) is 2. The molecule has 1 aliphatic carbocycles. The van der Waals surface area contributed by atoms with Gasteiger partial charge in [-0.3, -0.25) is 14.8 Å². The van der Waals surface area contributed by atoms with Crippen LogP contribution in [0.15, 0.2) is 59.6 Å². The Bertz CT molecular complexity index is 1120. The average molecular weight is 469 g/mol. The maximum absolute atomic E-state index is 11.8. The first-order chi connectivity index (χ1) is 15.7. The van der Waals surface area contributed by atoms with Crippen molar-refractivity contribution < 1.29 is 14.6 Å².